The average Bonchev–Trinajstić information content (AvgIpc) is 2.05. The highest BCUT2D eigenvalue weighted by atomic mass is 16.5. The minimum absolute atomic E-state index is 0.701. The number of rotatable bonds is 7. The summed E-state index contributed by atoms with van der Waals surface area (Å²) < 4.78 is 9.81. The molecule has 4 heteroatoms. The topological polar surface area (TPSA) is 33.7 Å². The minimum Gasteiger partial charge on any atom is -0.383 e. The first kappa shape index (κ1) is 10.8. The van der Waals surface area contributed by atoms with Gasteiger partial charge in [0.25, 0.3) is 0 Å². The first-order valence-electron chi connectivity index (χ1n) is 3.60. The third-order valence-electron chi connectivity index (χ3n) is 1.35. The zero-order valence-corrected chi connectivity index (χ0v) is 7.30. The van der Waals surface area contributed by atoms with Crippen LogP contribution < -0.4 is 5.43 Å². The zero-order chi connectivity index (χ0) is 8.53. The van der Waals surface area contributed by atoms with Crippen molar-refractivity contribution >= 4 is 0 Å². The standard InChI is InChI=1S/C7H17N2O2/c1-8-9(4-6-10-2)5-7-11-3/h8H,1,4-7H2,2-3H3. The van der Waals surface area contributed by atoms with Crippen molar-refractivity contribution in [1.29, 1.82) is 0 Å². The normalized spacial score (nSPS) is 10.9. The van der Waals surface area contributed by atoms with Crippen LogP contribution in [0.15, 0.2) is 0 Å². The Morgan fingerprint density at radius 2 is 1.64 bits per heavy atom. The van der Waals surface area contributed by atoms with Crippen molar-refractivity contribution < 1.29 is 9.47 Å². The van der Waals surface area contributed by atoms with Crippen molar-refractivity contribution in [3.05, 3.63) is 7.05 Å². The maximum absolute atomic E-state index is 4.90. The molecule has 0 aromatic carbocycles. The molecule has 1 radical (unpaired) electrons. The van der Waals surface area contributed by atoms with Crippen LogP contribution in [0.1, 0.15) is 0 Å². The number of methoxy groups -OCH3 is 2. The molecule has 0 atom stereocenters. The monoisotopic (exact) mass is 161 g/mol. The summed E-state index contributed by atoms with van der Waals surface area (Å²) in [6, 6.07) is 0. The Kier molecular flexibility index (Phi) is 7.83. The fourth-order valence-electron chi connectivity index (χ4n) is 0.673. The molecular formula is C7H17N2O2. The Morgan fingerprint density at radius 1 is 1.18 bits per heavy atom. The Morgan fingerprint density at radius 3 is 1.91 bits per heavy atom. The maximum atomic E-state index is 4.90. The van der Waals surface area contributed by atoms with Gasteiger partial charge in [0.1, 0.15) is 0 Å². The van der Waals surface area contributed by atoms with E-state index in [1.54, 1.807) is 14.2 Å². The van der Waals surface area contributed by atoms with E-state index in [0.29, 0.717) is 13.2 Å². The molecule has 11 heavy (non-hydrogen) atoms. The second-order valence-corrected chi connectivity index (χ2v) is 2.13. The SMILES string of the molecule is [CH2]NN(CCOC)CCOC. The molecular weight excluding hydrogens is 144 g/mol. The van der Waals surface area contributed by atoms with Crippen molar-refractivity contribution in [1.82, 2.24) is 10.4 Å². The zero-order valence-electron chi connectivity index (χ0n) is 7.30. The fraction of sp³-hybridized carbons (Fsp3) is 0.857. The quantitative estimate of drug-likeness (QED) is 0.528. The molecule has 0 heterocycles. The van der Waals surface area contributed by atoms with Crippen molar-refractivity contribution in [2.75, 3.05) is 40.5 Å². The van der Waals surface area contributed by atoms with Crippen molar-refractivity contribution in [2.24, 2.45) is 0 Å². The van der Waals surface area contributed by atoms with Crippen LogP contribution in [0.3, 0.4) is 0 Å². The van der Waals surface area contributed by atoms with E-state index in [1.165, 1.54) is 0 Å². The highest BCUT2D eigenvalue weighted by Gasteiger charge is 1.99. The first-order chi connectivity index (χ1) is 5.35. The van der Waals surface area contributed by atoms with Gasteiger partial charge in [0.2, 0.25) is 0 Å². The predicted molar refractivity (Wildman–Crippen MR) is 43.8 cm³/mol. The molecule has 0 spiro atoms. The van der Waals surface area contributed by atoms with E-state index < -0.39 is 0 Å². The van der Waals surface area contributed by atoms with E-state index in [-0.39, 0.29) is 0 Å². The van der Waals surface area contributed by atoms with Crippen molar-refractivity contribution in [3.8, 4) is 0 Å². The molecule has 0 rings (SSSR count). The summed E-state index contributed by atoms with van der Waals surface area (Å²) in [6.07, 6.45) is 0. The van der Waals surface area contributed by atoms with E-state index in [4.69, 9.17) is 9.47 Å². The van der Waals surface area contributed by atoms with Gasteiger partial charge in [-0.2, -0.15) is 0 Å². The van der Waals surface area contributed by atoms with Crippen LogP contribution in [-0.4, -0.2) is 45.5 Å². The molecule has 0 aliphatic carbocycles. The highest BCUT2D eigenvalue weighted by Crippen LogP contribution is 1.82. The average molecular weight is 161 g/mol. The van der Waals surface area contributed by atoms with Gasteiger partial charge in [-0.25, -0.2) is 5.01 Å². The largest absolute Gasteiger partial charge is 0.383 e. The third-order valence-corrected chi connectivity index (χ3v) is 1.35. The molecule has 0 aromatic heterocycles. The molecule has 1 N–H and O–H groups in total. The van der Waals surface area contributed by atoms with E-state index in [1.807, 2.05) is 5.01 Å². The van der Waals surface area contributed by atoms with Gasteiger partial charge in [-0.3, -0.25) is 5.43 Å². The molecule has 0 unspecified atom stereocenters. The number of hydrogen-bond donors (Lipinski definition) is 1. The van der Waals surface area contributed by atoms with Gasteiger partial charge in [0.15, 0.2) is 0 Å². The maximum Gasteiger partial charge on any atom is 0.0603 e. The van der Waals surface area contributed by atoms with Crippen LogP contribution in [-0.2, 0) is 9.47 Å². The number of hydrogen-bond acceptors (Lipinski definition) is 4. The van der Waals surface area contributed by atoms with Crippen LogP contribution in [0, 0.1) is 7.05 Å². The molecule has 0 fully saturated rings. The van der Waals surface area contributed by atoms with Crippen LogP contribution in [0.2, 0.25) is 0 Å². The number of hydrazine groups is 1. The third kappa shape index (κ3) is 6.25. The lowest BCUT2D eigenvalue weighted by molar-refractivity contribution is 0.0937. The van der Waals surface area contributed by atoms with Gasteiger partial charge in [-0.15, -0.1) is 0 Å². The highest BCUT2D eigenvalue weighted by molar-refractivity contribution is 4.49. The lowest BCUT2D eigenvalue weighted by Crippen LogP contribution is -2.38. The predicted octanol–water partition coefficient (Wildman–Crippen LogP) is -0.123. The van der Waals surface area contributed by atoms with Crippen LogP contribution >= 0.6 is 0 Å². The summed E-state index contributed by atoms with van der Waals surface area (Å²) in [7, 11) is 6.91. The molecule has 0 saturated carbocycles. The van der Waals surface area contributed by atoms with Gasteiger partial charge in [0.05, 0.1) is 13.2 Å². The summed E-state index contributed by atoms with van der Waals surface area (Å²) in [5, 5.41) is 1.94. The molecule has 67 valence electrons. The van der Waals surface area contributed by atoms with E-state index in [9.17, 15) is 0 Å². The minimum atomic E-state index is 0.701. The lowest BCUT2D eigenvalue weighted by atomic mass is 10.6. The summed E-state index contributed by atoms with van der Waals surface area (Å²) in [5.41, 5.74) is 2.80. The first-order valence-corrected chi connectivity index (χ1v) is 3.60. The molecule has 0 aliphatic heterocycles. The van der Waals surface area contributed by atoms with E-state index in [2.05, 4.69) is 12.5 Å². The lowest BCUT2D eigenvalue weighted by Gasteiger charge is -2.19. The molecule has 4 nitrogen and oxygen atoms in total. The Balaban J connectivity index is 3.25. The summed E-state index contributed by atoms with van der Waals surface area (Å²) in [6.45, 7) is 3.05. The second kappa shape index (κ2) is 7.94. The number of nitrogens with one attached hydrogen (secondary N) is 1. The van der Waals surface area contributed by atoms with Gasteiger partial charge in [-0.1, -0.05) is 0 Å². The Bertz CT molecular complexity index is 72.8. The van der Waals surface area contributed by atoms with E-state index in [0.717, 1.165) is 13.1 Å². The number of ether oxygens (including phenoxy) is 2. The summed E-state index contributed by atoms with van der Waals surface area (Å²) in [5.74, 6) is 0. The summed E-state index contributed by atoms with van der Waals surface area (Å²) in [4.78, 5) is 0. The molecule has 0 aliphatic rings. The smallest absolute Gasteiger partial charge is 0.0603 e. The Hall–Kier alpha value is -0.160. The van der Waals surface area contributed by atoms with Crippen molar-refractivity contribution in [3.63, 3.8) is 0 Å². The second-order valence-electron chi connectivity index (χ2n) is 2.13. The van der Waals surface area contributed by atoms with E-state index >= 15 is 0 Å². The molecule has 0 amide bonds. The van der Waals surface area contributed by atoms with Crippen LogP contribution in [0.4, 0.5) is 0 Å². The number of nitrogens with zero attached hydrogens (tertiary/aromatic N) is 1. The molecule has 0 aromatic rings. The van der Waals surface area contributed by atoms with Gasteiger partial charge in [-0.05, 0) is 0 Å². The summed E-state index contributed by atoms with van der Waals surface area (Å²) >= 11 is 0. The van der Waals surface area contributed by atoms with Crippen LogP contribution in [0.5, 0.6) is 0 Å². The van der Waals surface area contributed by atoms with Crippen LogP contribution in [0.25, 0.3) is 0 Å². The van der Waals surface area contributed by atoms with Gasteiger partial charge in [0, 0.05) is 34.4 Å². The van der Waals surface area contributed by atoms with Gasteiger partial charge < -0.3 is 9.47 Å². The fourth-order valence-corrected chi connectivity index (χ4v) is 0.673. The molecule has 0 bridgehead atoms. The van der Waals surface area contributed by atoms with Gasteiger partial charge >= 0.3 is 0 Å². The van der Waals surface area contributed by atoms with Crippen molar-refractivity contribution in [2.45, 2.75) is 0 Å². The Labute approximate surface area is 68.4 Å². The molecule has 0 saturated heterocycles.